The number of carbonyl (C=O) groups excluding carboxylic acids is 2. The van der Waals surface area contributed by atoms with Crippen LogP contribution in [0.4, 0.5) is 20.4 Å². The van der Waals surface area contributed by atoms with Crippen LogP contribution in [-0.2, 0) is 27.1 Å². The van der Waals surface area contributed by atoms with Crippen molar-refractivity contribution >= 4 is 45.5 Å². The fourth-order valence-electron chi connectivity index (χ4n) is 7.70. The van der Waals surface area contributed by atoms with Gasteiger partial charge >= 0.3 is 0 Å². The summed E-state index contributed by atoms with van der Waals surface area (Å²) in [7, 11) is -1.32. The number of hydrogen-bond acceptors (Lipinski definition) is 9. The van der Waals surface area contributed by atoms with Crippen molar-refractivity contribution in [2.75, 3.05) is 49.5 Å². The van der Waals surface area contributed by atoms with Crippen molar-refractivity contribution in [3.05, 3.63) is 87.8 Å². The number of anilines is 2. The van der Waals surface area contributed by atoms with Crippen molar-refractivity contribution in [1.29, 1.82) is 0 Å². The van der Waals surface area contributed by atoms with Gasteiger partial charge in [0.1, 0.15) is 16.6 Å². The lowest BCUT2D eigenvalue weighted by Crippen LogP contribution is -2.46. The number of H-pyrrole nitrogens is 1. The number of amides is 2. The number of piperazine rings is 1. The number of fused-ring (bicyclic) bond motifs is 1. The van der Waals surface area contributed by atoms with E-state index in [-0.39, 0.29) is 29.4 Å². The summed E-state index contributed by atoms with van der Waals surface area (Å²) in [6, 6.07) is 17.2. The maximum Gasteiger partial charge on any atom is 0.269 e. The molecule has 12 nitrogen and oxygen atoms in total. The zero-order chi connectivity index (χ0) is 38.3. The van der Waals surface area contributed by atoms with Gasteiger partial charge in [-0.25, -0.2) is 22.3 Å². The first-order valence-corrected chi connectivity index (χ1v) is 20.4. The van der Waals surface area contributed by atoms with E-state index in [0.29, 0.717) is 50.1 Å². The first-order valence-electron chi connectivity index (χ1n) is 19.3. The number of carbonyl (C=O) groups is 2. The highest BCUT2D eigenvalue weighted by Gasteiger charge is 2.28. The molecule has 0 spiro atoms. The lowest BCUT2D eigenvalue weighted by atomic mass is 9.90. The van der Waals surface area contributed by atoms with E-state index in [9.17, 15) is 27.4 Å². The minimum absolute atomic E-state index is 0.0265. The minimum Gasteiger partial charge on any atom is -0.369 e. The average molecular weight is 775 g/mol. The average Bonchev–Trinajstić information content (AvgIpc) is 3.79. The number of aromatic amines is 1. The van der Waals surface area contributed by atoms with Gasteiger partial charge in [0.15, 0.2) is 0 Å². The Morgan fingerprint density at radius 3 is 2.25 bits per heavy atom. The summed E-state index contributed by atoms with van der Waals surface area (Å²) in [5, 5.41) is 6.03. The number of nitrogens with zero attached hydrogens (tertiary/aromatic N) is 5. The maximum absolute atomic E-state index is 13.6. The summed E-state index contributed by atoms with van der Waals surface area (Å²) in [4.78, 5) is 52.1. The molecule has 292 valence electrons. The maximum atomic E-state index is 13.6. The van der Waals surface area contributed by atoms with Gasteiger partial charge in [-0.15, -0.1) is 0 Å². The normalized spacial score (nSPS) is 20.6. The lowest BCUT2D eigenvalue weighted by molar-refractivity contribution is -0.134. The number of aromatic nitrogens is 3. The predicted octanol–water partition coefficient (Wildman–Crippen LogP) is 5.65. The Hall–Kier alpha value is -4.60. The van der Waals surface area contributed by atoms with E-state index >= 15 is 0 Å². The van der Waals surface area contributed by atoms with Crippen LogP contribution in [0.25, 0.3) is 11.0 Å². The molecule has 3 aliphatic heterocycles. The third-order valence-electron chi connectivity index (χ3n) is 10.9. The molecule has 2 unspecified atom stereocenters. The molecule has 2 amide bonds. The molecule has 0 radical (unpaired) electrons. The molecule has 2 aromatic heterocycles. The third kappa shape index (κ3) is 9.80. The van der Waals surface area contributed by atoms with Crippen molar-refractivity contribution in [2.24, 2.45) is 0 Å². The highest BCUT2D eigenvalue weighted by atomic mass is 32.2. The van der Waals surface area contributed by atoms with Crippen molar-refractivity contribution in [3.8, 4) is 0 Å². The molecule has 4 aliphatic rings. The smallest absolute Gasteiger partial charge is 0.269 e. The van der Waals surface area contributed by atoms with E-state index in [0.717, 1.165) is 54.9 Å². The Morgan fingerprint density at radius 1 is 0.873 bits per heavy atom. The number of rotatable bonds is 9. The van der Waals surface area contributed by atoms with Crippen LogP contribution in [0.2, 0.25) is 0 Å². The van der Waals surface area contributed by atoms with Gasteiger partial charge in [-0.05, 0) is 54.7 Å². The Bertz CT molecular complexity index is 2040. The molecule has 15 heteroatoms. The standard InChI is InChI=1S/C35H38F2N8O4S.C5H10/c36-31(37)29-18-24-20-38-35(42-32(24)41-34(29)48)39-25-10-12-45(13-11-25)50(49)27-3-1-2-26(19-27)44-16-14-43(15-17-44)21-22-4-6-23(7-5-22)28-8-9-30(46)40-33(28)47;1-2-4-5-3-1/h1-7,18-20,25,28,31H,8-17,21H2,(H,40,46,47)(H2,38,39,41,42,48);1-5H2. The highest BCUT2D eigenvalue weighted by molar-refractivity contribution is 7.82. The Balaban J connectivity index is 0.000000862. The van der Waals surface area contributed by atoms with E-state index in [1.807, 2.05) is 34.6 Å². The molecule has 3 saturated heterocycles. The summed E-state index contributed by atoms with van der Waals surface area (Å²) in [5.74, 6) is -0.403. The summed E-state index contributed by atoms with van der Waals surface area (Å²) >= 11 is 0. The van der Waals surface area contributed by atoms with Crippen molar-refractivity contribution in [1.82, 2.24) is 29.5 Å². The molecular formula is C40H48F2N8O4S. The molecular weight excluding hydrogens is 727 g/mol. The van der Waals surface area contributed by atoms with Gasteiger partial charge in [0.25, 0.3) is 12.0 Å². The Labute approximate surface area is 321 Å². The molecule has 0 bridgehead atoms. The van der Waals surface area contributed by atoms with E-state index in [4.69, 9.17) is 0 Å². The van der Waals surface area contributed by atoms with E-state index in [1.54, 1.807) is 0 Å². The number of hydrogen-bond donors (Lipinski definition) is 3. The van der Waals surface area contributed by atoms with Crippen molar-refractivity contribution < 1.29 is 22.6 Å². The van der Waals surface area contributed by atoms with Crippen molar-refractivity contribution in [3.63, 3.8) is 0 Å². The molecule has 2 aromatic carbocycles. The Kier molecular flexibility index (Phi) is 12.6. The van der Waals surface area contributed by atoms with Crippen LogP contribution in [0, 0.1) is 0 Å². The number of piperidine rings is 2. The van der Waals surface area contributed by atoms with Crippen LogP contribution in [0.15, 0.2) is 70.5 Å². The summed E-state index contributed by atoms with van der Waals surface area (Å²) in [6.07, 6.45) is 8.35. The van der Waals surface area contributed by atoms with Crippen LogP contribution in [0.5, 0.6) is 0 Å². The third-order valence-corrected chi connectivity index (χ3v) is 12.4. The molecule has 4 fully saturated rings. The van der Waals surface area contributed by atoms with E-state index < -0.39 is 28.5 Å². The molecule has 55 heavy (non-hydrogen) atoms. The lowest BCUT2D eigenvalue weighted by Gasteiger charge is -2.36. The topological polar surface area (TPSA) is 144 Å². The second kappa shape index (κ2) is 17.9. The second-order valence-corrected chi connectivity index (χ2v) is 16.2. The quantitative estimate of drug-likeness (QED) is 0.184. The van der Waals surface area contributed by atoms with Gasteiger partial charge in [0.05, 0.1) is 16.4 Å². The largest absolute Gasteiger partial charge is 0.369 e. The zero-order valence-corrected chi connectivity index (χ0v) is 31.7. The van der Waals surface area contributed by atoms with E-state index in [2.05, 4.69) is 53.6 Å². The first kappa shape index (κ1) is 38.7. The van der Waals surface area contributed by atoms with Gasteiger partial charge in [-0.3, -0.25) is 24.6 Å². The molecule has 8 rings (SSSR count). The summed E-state index contributed by atoms with van der Waals surface area (Å²) < 4.78 is 41.7. The number of alkyl halides is 2. The van der Waals surface area contributed by atoms with Gasteiger partial charge in [-0.2, -0.15) is 4.98 Å². The number of halogens is 2. The van der Waals surface area contributed by atoms with E-state index in [1.165, 1.54) is 43.9 Å². The molecule has 1 saturated carbocycles. The summed E-state index contributed by atoms with van der Waals surface area (Å²) in [5.41, 5.74) is 1.88. The zero-order valence-electron chi connectivity index (χ0n) is 30.9. The van der Waals surface area contributed by atoms with Gasteiger partial charge in [0.2, 0.25) is 17.8 Å². The van der Waals surface area contributed by atoms with Crippen LogP contribution >= 0.6 is 0 Å². The summed E-state index contributed by atoms with van der Waals surface area (Å²) in [6.45, 7) is 5.48. The van der Waals surface area contributed by atoms with Crippen LogP contribution in [0.3, 0.4) is 0 Å². The minimum atomic E-state index is -2.88. The van der Waals surface area contributed by atoms with Crippen LogP contribution in [-0.4, -0.2) is 85.5 Å². The van der Waals surface area contributed by atoms with Gasteiger partial charge in [0, 0.05) is 75.5 Å². The number of benzene rings is 2. The first-order chi connectivity index (χ1) is 26.7. The van der Waals surface area contributed by atoms with Gasteiger partial charge < -0.3 is 15.2 Å². The fourth-order valence-corrected chi connectivity index (χ4v) is 8.96. The van der Waals surface area contributed by atoms with Crippen LogP contribution < -0.4 is 21.1 Å². The van der Waals surface area contributed by atoms with Crippen LogP contribution in [0.1, 0.15) is 86.8 Å². The number of pyridine rings is 1. The SMILES string of the molecule is C1CCCC1.O=C1CCC(c2ccc(CN3CCN(c4cccc(S(=O)N5CCC(Nc6ncc7cc(C(F)F)c(=O)[nH]c7n6)CC5)c4)CC3)cc2)C(=O)N1. The fraction of sp³-hybridized carbons (Fsp3) is 0.475. The molecule has 1 aliphatic carbocycles. The molecule has 5 heterocycles. The second-order valence-electron chi connectivity index (χ2n) is 14.7. The monoisotopic (exact) mass is 774 g/mol. The predicted molar refractivity (Wildman–Crippen MR) is 208 cm³/mol. The van der Waals surface area contributed by atoms with Crippen molar-refractivity contribution in [2.45, 2.75) is 87.6 Å². The number of nitrogens with one attached hydrogen (secondary N) is 3. The highest BCUT2D eigenvalue weighted by Crippen LogP contribution is 2.27. The molecule has 4 aromatic rings. The number of imide groups is 1. The van der Waals surface area contributed by atoms with Gasteiger partial charge in [-0.1, -0.05) is 62.4 Å². The molecule has 3 N–H and O–H groups in total. The molecule has 2 atom stereocenters. The Morgan fingerprint density at radius 2 is 1.58 bits per heavy atom.